The summed E-state index contributed by atoms with van der Waals surface area (Å²) in [4.78, 5) is 13.6. The van der Waals surface area contributed by atoms with Crippen LogP contribution in [0.1, 0.15) is 20.3 Å². The first-order valence-corrected chi connectivity index (χ1v) is 5.20. The number of carbonyl (C=O) groups excluding carboxylic acids is 1. The van der Waals surface area contributed by atoms with Crippen molar-refractivity contribution in [2.24, 2.45) is 5.41 Å². The van der Waals surface area contributed by atoms with Gasteiger partial charge < -0.3 is 4.90 Å². The van der Waals surface area contributed by atoms with Crippen molar-refractivity contribution in [3.63, 3.8) is 0 Å². The molecule has 0 atom stereocenters. The van der Waals surface area contributed by atoms with Gasteiger partial charge in [0, 0.05) is 19.5 Å². The largest absolute Gasteiger partial charge is 0.338 e. The molecule has 0 aromatic rings. The topological polar surface area (TPSA) is 20.3 Å². The number of carbonyl (C=O) groups is 1. The molecule has 1 fully saturated rings. The number of hydrogen-bond donors (Lipinski definition) is 0. The molecule has 0 spiro atoms. The van der Waals surface area contributed by atoms with E-state index in [1.54, 1.807) is 12.2 Å². The zero-order chi connectivity index (χ0) is 11.5. The second kappa shape index (κ2) is 4.47. The van der Waals surface area contributed by atoms with Gasteiger partial charge in [0.25, 0.3) is 0 Å². The molecule has 2 heteroatoms. The first kappa shape index (κ1) is 11.8. The monoisotopic (exact) mass is 205 g/mol. The van der Waals surface area contributed by atoms with Crippen molar-refractivity contribution in [1.29, 1.82) is 0 Å². The van der Waals surface area contributed by atoms with E-state index in [4.69, 9.17) is 0 Å². The van der Waals surface area contributed by atoms with Crippen LogP contribution in [0.3, 0.4) is 0 Å². The molecule has 1 aliphatic rings. The van der Waals surface area contributed by atoms with Crippen LogP contribution >= 0.6 is 0 Å². The van der Waals surface area contributed by atoms with Crippen LogP contribution in [-0.2, 0) is 4.79 Å². The quantitative estimate of drug-likeness (QED) is 0.646. The summed E-state index contributed by atoms with van der Waals surface area (Å²) in [5.41, 5.74) is 1.15. The van der Waals surface area contributed by atoms with E-state index in [-0.39, 0.29) is 11.3 Å². The third kappa shape index (κ3) is 3.08. The van der Waals surface area contributed by atoms with Crippen molar-refractivity contribution in [3.05, 3.63) is 37.0 Å². The summed E-state index contributed by atoms with van der Waals surface area (Å²) in [6, 6.07) is 0. The van der Waals surface area contributed by atoms with Crippen molar-refractivity contribution in [3.8, 4) is 0 Å². The molecule has 82 valence electrons. The minimum atomic E-state index is 0.109. The Morgan fingerprint density at radius 1 is 1.53 bits per heavy atom. The zero-order valence-electron chi connectivity index (χ0n) is 9.62. The van der Waals surface area contributed by atoms with E-state index >= 15 is 0 Å². The van der Waals surface area contributed by atoms with E-state index in [1.807, 2.05) is 11.0 Å². The van der Waals surface area contributed by atoms with Gasteiger partial charge in [-0.25, -0.2) is 0 Å². The van der Waals surface area contributed by atoms with Gasteiger partial charge in [0.05, 0.1) is 0 Å². The molecule has 2 nitrogen and oxygen atoms in total. The van der Waals surface area contributed by atoms with Gasteiger partial charge in [-0.3, -0.25) is 4.79 Å². The molecule has 1 heterocycles. The predicted molar refractivity (Wildman–Crippen MR) is 63.5 cm³/mol. The number of nitrogens with zero attached hydrogens (tertiary/aromatic N) is 1. The molecule has 0 radical (unpaired) electrons. The lowest BCUT2D eigenvalue weighted by atomic mass is 9.93. The van der Waals surface area contributed by atoms with E-state index in [9.17, 15) is 4.79 Å². The molecule has 1 saturated heterocycles. The first-order valence-electron chi connectivity index (χ1n) is 5.20. The van der Waals surface area contributed by atoms with Crippen LogP contribution in [-0.4, -0.2) is 23.9 Å². The second-order valence-corrected chi connectivity index (χ2v) is 4.77. The molecule has 1 amide bonds. The first-order chi connectivity index (χ1) is 6.98. The van der Waals surface area contributed by atoms with Gasteiger partial charge in [-0.15, -0.1) is 0 Å². The van der Waals surface area contributed by atoms with Crippen LogP contribution in [0.5, 0.6) is 0 Å². The van der Waals surface area contributed by atoms with Gasteiger partial charge in [-0.2, -0.15) is 0 Å². The SMILES string of the molecule is C=C/C=C(\C=C)CN1CC(C)(C)CC1=O. The maximum absolute atomic E-state index is 11.7. The van der Waals surface area contributed by atoms with Crippen molar-refractivity contribution in [1.82, 2.24) is 4.90 Å². The van der Waals surface area contributed by atoms with Crippen LogP contribution in [0.25, 0.3) is 0 Å². The molecule has 1 rings (SSSR count). The number of likely N-dealkylation sites (tertiary alicyclic amines) is 1. The van der Waals surface area contributed by atoms with Crippen LogP contribution in [0.15, 0.2) is 37.0 Å². The average molecular weight is 205 g/mol. The Hall–Kier alpha value is -1.31. The lowest BCUT2D eigenvalue weighted by Crippen LogP contribution is -2.28. The van der Waals surface area contributed by atoms with Gasteiger partial charge in [0.2, 0.25) is 5.91 Å². The van der Waals surface area contributed by atoms with E-state index < -0.39 is 0 Å². The molecule has 0 unspecified atom stereocenters. The van der Waals surface area contributed by atoms with Crippen LogP contribution < -0.4 is 0 Å². The highest BCUT2D eigenvalue weighted by Crippen LogP contribution is 2.30. The fourth-order valence-electron chi connectivity index (χ4n) is 1.88. The highest BCUT2D eigenvalue weighted by molar-refractivity contribution is 5.79. The Kier molecular flexibility index (Phi) is 3.51. The molecule has 0 saturated carbocycles. The van der Waals surface area contributed by atoms with E-state index in [2.05, 4.69) is 27.0 Å². The molecule has 0 N–H and O–H groups in total. The van der Waals surface area contributed by atoms with Gasteiger partial charge in [-0.1, -0.05) is 45.2 Å². The molecular weight excluding hydrogens is 186 g/mol. The van der Waals surface area contributed by atoms with Crippen molar-refractivity contribution >= 4 is 5.91 Å². The Morgan fingerprint density at radius 2 is 2.20 bits per heavy atom. The molecule has 0 aromatic carbocycles. The molecule has 0 bridgehead atoms. The summed E-state index contributed by atoms with van der Waals surface area (Å²) >= 11 is 0. The fraction of sp³-hybridized carbons (Fsp3) is 0.462. The van der Waals surface area contributed by atoms with Gasteiger partial charge in [0.15, 0.2) is 0 Å². The third-order valence-corrected chi connectivity index (χ3v) is 2.57. The van der Waals surface area contributed by atoms with Crippen LogP contribution in [0, 0.1) is 5.41 Å². The second-order valence-electron chi connectivity index (χ2n) is 4.77. The minimum absolute atomic E-state index is 0.109. The Balaban J connectivity index is 2.67. The average Bonchev–Trinajstić information content (AvgIpc) is 2.39. The van der Waals surface area contributed by atoms with Crippen molar-refractivity contribution < 1.29 is 4.79 Å². The summed E-state index contributed by atoms with van der Waals surface area (Å²) < 4.78 is 0. The maximum atomic E-state index is 11.7. The van der Waals surface area contributed by atoms with Crippen molar-refractivity contribution in [2.75, 3.05) is 13.1 Å². The highest BCUT2D eigenvalue weighted by Gasteiger charge is 2.35. The van der Waals surface area contributed by atoms with E-state index in [0.29, 0.717) is 13.0 Å². The Bertz CT molecular complexity index is 312. The normalized spacial score (nSPS) is 20.5. The lowest BCUT2D eigenvalue weighted by molar-refractivity contribution is -0.127. The molecule has 0 aliphatic carbocycles. The molecule has 1 aliphatic heterocycles. The number of hydrogen-bond acceptors (Lipinski definition) is 1. The van der Waals surface area contributed by atoms with Crippen LogP contribution in [0.4, 0.5) is 0 Å². The van der Waals surface area contributed by atoms with Gasteiger partial charge in [-0.05, 0) is 11.0 Å². The van der Waals surface area contributed by atoms with E-state index in [1.165, 1.54) is 0 Å². The molecule has 15 heavy (non-hydrogen) atoms. The van der Waals surface area contributed by atoms with Crippen molar-refractivity contribution in [2.45, 2.75) is 20.3 Å². The lowest BCUT2D eigenvalue weighted by Gasteiger charge is -2.19. The molecule has 0 aromatic heterocycles. The Labute approximate surface area is 92.0 Å². The minimum Gasteiger partial charge on any atom is -0.338 e. The Morgan fingerprint density at radius 3 is 2.60 bits per heavy atom. The molecular formula is C13H19NO. The van der Waals surface area contributed by atoms with E-state index in [0.717, 1.165) is 12.1 Å². The smallest absolute Gasteiger partial charge is 0.223 e. The summed E-state index contributed by atoms with van der Waals surface area (Å²) in [7, 11) is 0. The summed E-state index contributed by atoms with van der Waals surface area (Å²) in [5.74, 6) is 0.233. The fourth-order valence-corrected chi connectivity index (χ4v) is 1.88. The van der Waals surface area contributed by atoms with Crippen LogP contribution in [0.2, 0.25) is 0 Å². The predicted octanol–water partition coefficient (Wildman–Crippen LogP) is 2.54. The van der Waals surface area contributed by atoms with Gasteiger partial charge >= 0.3 is 0 Å². The standard InChI is InChI=1S/C13H19NO/c1-5-7-11(6-2)9-14-10-13(3,4)8-12(14)15/h5-7H,1-2,8-10H2,3-4H3/b11-7+. The highest BCUT2D eigenvalue weighted by atomic mass is 16.2. The summed E-state index contributed by atoms with van der Waals surface area (Å²) in [5, 5.41) is 0. The number of allylic oxidation sites excluding steroid dienone is 2. The maximum Gasteiger partial charge on any atom is 0.223 e. The number of amides is 1. The third-order valence-electron chi connectivity index (χ3n) is 2.57. The summed E-state index contributed by atoms with van der Waals surface area (Å²) in [6.45, 7) is 13.1. The zero-order valence-corrected chi connectivity index (χ0v) is 9.62. The summed E-state index contributed by atoms with van der Waals surface area (Å²) in [6.07, 6.45) is 6.04. The van der Waals surface area contributed by atoms with Gasteiger partial charge in [0.1, 0.15) is 0 Å². The number of rotatable bonds is 4.